The van der Waals surface area contributed by atoms with Crippen LogP contribution in [0.25, 0.3) is 0 Å². The highest BCUT2D eigenvalue weighted by Crippen LogP contribution is 2.22. The molecular formula is C9H14ClN3. The van der Waals surface area contributed by atoms with Gasteiger partial charge in [-0.15, -0.1) is 0 Å². The Morgan fingerprint density at radius 3 is 2.15 bits per heavy atom. The zero-order valence-corrected chi connectivity index (χ0v) is 8.52. The van der Waals surface area contributed by atoms with Crippen LogP contribution >= 0.6 is 11.6 Å². The summed E-state index contributed by atoms with van der Waals surface area (Å²) in [5.74, 6) is 5.27. The first kappa shape index (κ1) is 10.5. The molecule has 0 aromatic heterocycles. The highest BCUT2D eigenvalue weighted by molar-refractivity contribution is 6.30. The molecule has 0 bridgehead atoms. The van der Waals surface area contributed by atoms with Crippen molar-refractivity contribution in [3.63, 3.8) is 0 Å². The lowest BCUT2D eigenvalue weighted by atomic mass is 10.0. The number of nitrogens with one attached hydrogen (secondary N) is 1. The Bertz CT molecular complexity index is 289. The van der Waals surface area contributed by atoms with E-state index < -0.39 is 0 Å². The van der Waals surface area contributed by atoms with Gasteiger partial charge in [0.2, 0.25) is 0 Å². The van der Waals surface area contributed by atoms with E-state index >= 15 is 0 Å². The highest BCUT2D eigenvalue weighted by atomic mass is 35.5. The van der Waals surface area contributed by atoms with E-state index in [4.69, 9.17) is 23.2 Å². The molecular weight excluding hydrogens is 186 g/mol. The van der Waals surface area contributed by atoms with Crippen molar-refractivity contribution in [1.82, 2.24) is 5.43 Å². The van der Waals surface area contributed by atoms with E-state index in [2.05, 4.69) is 5.43 Å². The fraction of sp³-hybridized carbons (Fsp3) is 0.333. The number of hydrogen-bond acceptors (Lipinski definition) is 3. The zero-order valence-electron chi connectivity index (χ0n) is 7.76. The lowest BCUT2D eigenvalue weighted by molar-refractivity contribution is 0.571. The summed E-state index contributed by atoms with van der Waals surface area (Å²) in [4.78, 5) is 0. The van der Waals surface area contributed by atoms with E-state index in [0.717, 1.165) is 21.7 Å². The topological polar surface area (TPSA) is 64.1 Å². The van der Waals surface area contributed by atoms with Gasteiger partial charge in [0.05, 0.1) is 6.17 Å². The molecule has 0 spiro atoms. The summed E-state index contributed by atoms with van der Waals surface area (Å²) in [6.07, 6.45) is -0.336. The number of rotatable bonds is 2. The predicted molar refractivity (Wildman–Crippen MR) is 55.2 cm³/mol. The summed E-state index contributed by atoms with van der Waals surface area (Å²) in [7, 11) is 0. The van der Waals surface area contributed by atoms with Crippen LogP contribution in [0.2, 0.25) is 5.02 Å². The van der Waals surface area contributed by atoms with E-state index in [1.54, 1.807) is 0 Å². The van der Waals surface area contributed by atoms with Gasteiger partial charge in [0.15, 0.2) is 0 Å². The van der Waals surface area contributed by atoms with Crippen molar-refractivity contribution in [2.24, 2.45) is 11.6 Å². The minimum atomic E-state index is -0.336. The lowest BCUT2D eigenvalue weighted by Crippen LogP contribution is -2.35. The first-order valence-electron chi connectivity index (χ1n) is 4.04. The second-order valence-corrected chi connectivity index (χ2v) is 3.53. The van der Waals surface area contributed by atoms with Gasteiger partial charge in [0.1, 0.15) is 0 Å². The normalized spacial score (nSPS) is 13.0. The highest BCUT2D eigenvalue weighted by Gasteiger charge is 2.10. The summed E-state index contributed by atoms with van der Waals surface area (Å²) in [6.45, 7) is 3.93. The van der Waals surface area contributed by atoms with Crippen LogP contribution < -0.4 is 17.0 Å². The van der Waals surface area contributed by atoms with Gasteiger partial charge in [-0.3, -0.25) is 5.84 Å². The second kappa shape index (κ2) is 4.07. The Kier molecular flexibility index (Phi) is 3.27. The Morgan fingerprint density at radius 1 is 1.31 bits per heavy atom. The van der Waals surface area contributed by atoms with Crippen molar-refractivity contribution >= 4 is 11.6 Å². The minimum Gasteiger partial charge on any atom is -0.311 e. The van der Waals surface area contributed by atoms with Crippen LogP contribution in [0.5, 0.6) is 0 Å². The molecule has 1 unspecified atom stereocenters. The van der Waals surface area contributed by atoms with Crippen molar-refractivity contribution in [3.05, 3.63) is 33.8 Å². The molecule has 0 fully saturated rings. The Labute approximate surface area is 83.0 Å². The van der Waals surface area contributed by atoms with Crippen LogP contribution in [0.4, 0.5) is 0 Å². The van der Waals surface area contributed by atoms with Crippen molar-refractivity contribution in [3.8, 4) is 0 Å². The van der Waals surface area contributed by atoms with E-state index in [1.807, 2.05) is 26.0 Å². The molecule has 1 aromatic rings. The molecule has 0 saturated heterocycles. The van der Waals surface area contributed by atoms with Gasteiger partial charge < -0.3 is 5.73 Å². The first-order valence-corrected chi connectivity index (χ1v) is 4.42. The summed E-state index contributed by atoms with van der Waals surface area (Å²) >= 11 is 5.88. The second-order valence-electron chi connectivity index (χ2n) is 3.10. The van der Waals surface area contributed by atoms with Gasteiger partial charge in [-0.2, -0.15) is 0 Å². The molecule has 0 aliphatic heterocycles. The predicted octanol–water partition coefficient (Wildman–Crippen LogP) is 1.38. The number of aryl methyl sites for hydroxylation is 2. The van der Waals surface area contributed by atoms with Crippen LogP contribution in [0.1, 0.15) is 22.9 Å². The summed E-state index contributed by atoms with van der Waals surface area (Å²) in [5.41, 5.74) is 11.4. The van der Waals surface area contributed by atoms with Crippen LogP contribution in [0.15, 0.2) is 12.1 Å². The van der Waals surface area contributed by atoms with Gasteiger partial charge in [0.25, 0.3) is 0 Å². The number of hydrogen-bond donors (Lipinski definition) is 3. The average molecular weight is 200 g/mol. The molecule has 4 heteroatoms. The smallest absolute Gasteiger partial charge is 0.0941 e. The Hall–Kier alpha value is -0.610. The van der Waals surface area contributed by atoms with Gasteiger partial charge in [0, 0.05) is 5.02 Å². The fourth-order valence-corrected chi connectivity index (χ4v) is 1.82. The van der Waals surface area contributed by atoms with Gasteiger partial charge in [-0.1, -0.05) is 11.6 Å². The van der Waals surface area contributed by atoms with Crippen molar-refractivity contribution < 1.29 is 0 Å². The van der Waals surface area contributed by atoms with Crippen LogP contribution in [-0.4, -0.2) is 0 Å². The molecule has 3 nitrogen and oxygen atoms in total. The average Bonchev–Trinajstić information content (AvgIpc) is 2.02. The van der Waals surface area contributed by atoms with Gasteiger partial charge in [-0.05, 0) is 42.7 Å². The fourth-order valence-electron chi connectivity index (χ4n) is 1.50. The summed E-state index contributed by atoms with van der Waals surface area (Å²) in [6, 6.07) is 3.75. The van der Waals surface area contributed by atoms with Crippen molar-refractivity contribution in [1.29, 1.82) is 0 Å². The minimum absolute atomic E-state index is 0.336. The van der Waals surface area contributed by atoms with E-state index in [1.165, 1.54) is 0 Å². The Morgan fingerprint density at radius 2 is 1.77 bits per heavy atom. The maximum atomic E-state index is 5.88. The quantitative estimate of drug-likeness (QED) is 0.383. The SMILES string of the molecule is Cc1cc(Cl)cc(C)c1C(N)NN. The maximum Gasteiger partial charge on any atom is 0.0941 e. The third-order valence-electron chi connectivity index (χ3n) is 2.05. The molecule has 1 atom stereocenters. The monoisotopic (exact) mass is 199 g/mol. The van der Waals surface area contributed by atoms with Crippen LogP contribution in [-0.2, 0) is 0 Å². The molecule has 5 N–H and O–H groups in total. The first-order chi connectivity index (χ1) is 6.06. The molecule has 1 aromatic carbocycles. The lowest BCUT2D eigenvalue weighted by Gasteiger charge is -2.16. The number of hydrazine groups is 1. The molecule has 0 aliphatic rings. The molecule has 0 amide bonds. The van der Waals surface area contributed by atoms with Crippen molar-refractivity contribution in [2.75, 3.05) is 0 Å². The molecule has 0 saturated carbocycles. The molecule has 0 aliphatic carbocycles. The molecule has 1 rings (SSSR count). The summed E-state index contributed by atoms with van der Waals surface area (Å²) in [5, 5.41) is 0.725. The van der Waals surface area contributed by atoms with Gasteiger partial charge in [-0.25, -0.2) is 5.43 Å². The van der Waals surface area contributed by atoms with E-state index in [-0.39, 0.29) is 6.17 Å². The Balaban J connectivity index is 3.20. The molecule has 72 valence electrons. The van der Waals surface area contributed by atoms with Crippen LogP contribution in [0, 0.1) is 13.8 Å². The summed E-state index contributed by atoms with van der Waals surface area (Å²) < 4.78 is 0. The van der Waals surface area contributed by atoms with Crippen molar-refractivity contribution in [2.45, 2.75) is 20.0 Å². The van der Waals surface area contributed by atoms with Crippen LogP contribution in [0.3, 0.4) is 0 Å². The third-order valence-corrected chi connectivity index (χ3v) is 2.27. The number of nitrogens with two attached hydrogens (primary N) is 2. The molecule has 0 radical (unpaired) electrons. The van der Waals surface area contributed by atoms with E-state index in [9.17, 15) is 0 Å². The standard InChI is InChI=1S/C9H14ClN3/c1-5-3-7(10)4-6(2)8(5)9(11)13-12/h3-4,9,13H,11-12H2,1-2H3. The largest absolute Gasteiger partial charge is 0.311 e. The number of benzene rings is 1. The number of halogens is 1. The third kappa shape index (κ3) is 2.19. The maximum absolute atomic E-state index is 5.88. The molecule has 13 heavy (non-hydrogen) atoms. The molecule has 0 heterocycles. The van der Waals surface area contributed by atoms with E-state index in [0.29, 0.717) is 0 Å². The zero-order chi connectivity index (χ0) is 10.0. The van der Waals surface area contributed by atoms with Gasteiger partial charge >= 0.3 is 0 Å².